The van der Waals surface area contributed by atoms with Crippen molar-refractivity contribution in [1.29, 1.82) is 0 Å². The van der Waals surface area contributed by atoms with E-state index in [1.807, 2.05) is 6.07 Å². The average molecular weight is 322 g/mol. The van der Waals surface area contributed by atoms with E-state index in [2.05, 4.69) is 10.3 Å². The molecular weight excluding hydrogens is 306 g/mol. The molecule has 0 saturated heterocycles. The number of benzene rings is 1. The molecule has 1 aromatic heterocycles. The number of nitrogens with one attached hydrogen (secondary N) is 1. The zero-order valence-corrected chi connectivity index (χ0v) is 13.0. The van der Waals surface area contributed by atoms with Gasteiger partial charge in [0.15, 0.2) is 5.15 Å². The number of rotatable bonds is 5. The molecule has 6 nitrogen and oxygen atoms in total. The van der Waals surface area contributed by atoms with Gasteiger partial charge in [-0.25, -0.2) is 4.98 Å². The Hall–Kier alpha value is -2.47. The number of hydrogen-bond acceptors (Lipinski definition) is 5. The van der Waals surface area contributed by atoms with Crippen LogP contribution < -0.4 is 20.5 Å². The average Bonchev–Trinajstić information content (AvgIpc) is 2.54. The summed E-state index contributed by atoms with van der Waals surface area (Å²) in [6.45, 7) is 0.283. The van der Waals surface area contributed by atoms with Gasteiger partial charge in [-0.1, -0.05) is 11.6 Å². The van der Waals surface area contributed by atoms with Gasteiger partial charge in [0.1, 0.15) is 11.5 Å². The Morgan fingerprint density at radius 1 is 1.32 bits per heavy atom. The molecule has 1 amide bonds. The van der Waals surface area contributed by atoms with Gasteiger partial charge >= 0.3 is 0 Å². The smallest absolute Gasteiger partial charge is 0.253 e. The highest BCUT2D eigenvalue weighted by Gasteiger charge is 2.13. The van der Waals surface area contributed by atoms with Crippen molar-refractivity contribution in [2.24, 2.45) is 0 Å². The van der Waals surface area contributed by atoms with E-state index < -0.39 is 0 Å². The van der Waals surface area contributed by atoms with Crippen LogP contribution in [-0.2, 0) is 6.54 Å². The number of halogens is 1. The van der Waals surface area contributed by atoms with Crippen molar-refractivity contribution in [2.75, 3.05) is 20.0 Å². The molecule has 0 radical (unpaired) electrons. The zero-order valence-electron chi connectivity index (χ0n) is 12.2. The molecule has 2 aromatic rings. The second-order valence-corrected chi connectivity index (χ2v) is 4.78. The fourth-order valence-electron chi connectivity index (χ4n) is 1.91. The molecule has 7 heteroatoms. The summed E-state index contributed by atoms with van der Waals surface area (Å²) in [4.78, 5) is 16.0. The van der Waals surface area contributed by atoms with E-state index in [1.54, 1.807) is 26.4 Å². The SMILES string of the molecule is COc1ccc(CNC(=O)c2ccnc(Cl)c2N)c(OC)c1. The predicted octanol–water partition coefficient (Wildman–Crippen LogP) is 2.26. The van der Waals surface area contributed by atoms with Gasteiger partial charge in [0.2, 0.25) is 0 Å². The van der Waals surface area contributed by atoms with E-state index in [9.17, 15) is 4.79 Å². The number of carbonyl (C=O) groups is 1. The van der Waals surface area contributed by atoms with Crippen LogP contribution in [0.3, 0.4) is 0 Å². The van der Waals surface area contributed by atoms with E-state index in [1.165, 1.54) is 12.3 Å². The fourth-order valence-corrected chi connectivity index (χ4v) is 2.07. The first-order valence-electron chi connectivity index (χ1n) is 6.46. The number of hydrogen-bond donors (Lipinski definition) is 2. The summed E-state index contributed by atoms with van der Waals surface area (Å²) in [7, 11) is 3.13. The minimum absolute atomic E-state index is 0.106. The number of amides is 1. The third-order valence-electron chi connectivity index (χ3n) is 3.12. The molecule has 0 spiro atoms. The van der Waals surface area contributed by atoms with Crippen LogP contribution in [0.1, 0.15) is 15.9 Å². The highest BCUT2D eigenvalue weighted by molar-refractivity contribution is 6.32. The highest BCUT2D eigenvalue weighted by Crippen LogP contribution is 2.25. The molecule has 0 unspecified atom stereocenters. The van der Waals surface area contributed by atoms with Crippen molar-refractivity contribution in [3.63, 3.8) is 0 Å². The molecule has 0 fully saturated rings. The van der Waals surface area contributed by atoms with Crippen molar-refractivity contribution in [3.8, 4) is 11.5 Å². The Morgan fingerprint density at radius 3 is 2.77 bits per heavy atom. The summed E-state index contributed by atoms with van der Waals surface area (Å²) in [5.41, 5.74) is 7.01. The number of carbonyl (C=O) groups excluding carboxylic acids is 1. The molecule has 0 atom stereocenters. The van der Waals surface area contributed by atoms with Crippen LogP contribution in [0.4, 0.5) is 5.69 Å². The minimum Gasteiger partial charge on any atom is -0.497 e. The van der Waals surface area contributed by atoms with Crippen LogP contribution in [0.2, 0.25) is 5.15 Å². The largest absolute Gasteiger partial charge is 0.497 e. The summed E-state index contributed by atoms with van der Waals surface area (Å²) in [6.07, 6.45) is 1.43. The lowest BCUT2D eigenvalue weighted by atomic mass is 10.1. The zero-order chi connectivity index (χ0) is 16.1. The molecule has 3 N–H and O–H groups in total. The molecule has 2 rings (SSSR count). The number of ether oxygens (including phenoxy) is 2. The van der Waals surface area contributed by atoms with Crippen molar-refractivity contribution in [3.05, 3.63) is 46.7 Å². The maximum atomic E-state index is 12.2. The van der Waals surface area contributed by atoms with Crippen molar-refractivity contribution >= 4 is 23.2 Å². The molecule has 1 heterocycles. The van der Waals surface area contributed by atoms with E-state index in [4.69, 9.17) is 26.8 Å². The van der Waals surface area contributed by atoms with Gasteiger partial charge in [-0.3, -0.25) is 4.79 Å². The van der Waals surface area contributed by atoms with Gasteiger partial charge in [0.25, 0.3) is 5.91 Å². The second-order valence-electron chi connectivity index (χ2n) is 4.42. The van der Waals surface area contributed by atoms with Crippen molar-refractivity contribution in [1.82, 2.24) is 10.3 Å². The van der Waals surface area contributed by atoms with Gasteiger partial charge in [-0.2, -0.15) is 0 Å². The van der Waals surface area contributed by atoms with Crippen LogP contribution in [-0.4, -0.2) is 25.1 Å². The standard InChI is InChI=1S/C15H16ClN3O3/c1-21-10-4-3-9(12(7-10)22-2)8-19-15(20)11-5-6-18-14(16)13(11)17/h3-7H,8,17H2,1-2H3,(H,19,20). The lowest BCUT2D eigenvalue weighted by Gasteiger charge is -2.12. The number of methoxy groups -OCH3 is 2. The number of anilines is 1. The van der Waals surface area contributed by atoms with E-state index in [0.717, 1.165) is 5.56 Å². The maximum Gasteiger partial charge on any atom is 0.253 e. The van der Waals surface area contributed by atoms with Crippen LogP contribution >= 0.6 is 11.6 Å². The summed E-state index contributed by atoms with van der Waals surface area (Å²) in [5.74, 6) is 0.970. The summed E-state index contributed by atoms with van der Waals surface area (Å²) >= 11 is 5.81. The topological polar surface area (TPSA) is 86.5 Å². The van der Waals surface area contributed by atoms with Gasteiger partial charge in [-0.15, -0.1) is 0 Å². The van der Waals surface area contributed by atoms with E-state index in [0.29, 0.717) is 11.5 Å². The number of nitrogens with two attached hydrogens (primary N) is 1. The summed E-state index contributed by atoms with van der Waals surface area (Å²) in [5, 5.41) is 2.88. The first kappa shape index (κ1) is 15.9. The first-order chi connectivity index (χ1) is 10.6. The first-order valence-corrected chi connectivity index (χ1v) is 6.83. The molecule has 1 aromatic carbocycles. The predicted molar refractivity (Wildman–Crippen MR) is 84.4 cm³/mol. The third-order valence-corrected chi connectivity index (χ3v) is 3.42. The van der Waals surface area contributed by atoms with Crippen LogP contribution in [0.25, 0.3) is 0 Å². The Bertz CT molecular complexity index is 692. The highest BCUT2D eigenvalue weighted by atomic mass is 35.5. The lowest BCUT2D eigenvalue weighted by Crippen LogP contribution is -2.24. The number of nitrogen functional groups attached to an aromatic ring is 1. The maximum absolute atomic E-state index is 12.2. The Labute approximate surface area is 133 Å². The Balaban J connectivity index is 2.13. The quantitative estimate of drug-likeness (QED) is 0.825. The normalized spacial score (nSPS) is 10.1. The van der Waals surface area contributed by atoms with E-state index >= 15 is 0 Å². The lowest BCUT2D eigenvalue weighted by molar-refractivity contribution is 0.0951. The Kier molecular flexibility index (Phi) is 5.06. The number of aromatic nitrogens is 1. The Morgan fingerprint density at radius 2 is 2.09 bits per heavy atom. The number of nitrogens with zero attached hydrogens (tertiary/aromatic N) is 1. The molecule has 0 saturated carbocycles. The summed E-state index contributed by atoms with van der Waals surface area (Å²) < 4.78 is 10.4. The van der Waals surface area contributed by atoms with E-state index in [-0.39, 0.29) is 28.9 Å². The van der Waals surface area contributed by atoms with Crippen molar-refractivity contribution in [2.45, 2.75) is 6.54 Å². The van der Waals surface area contributed by atoms with Gasteiger partial charge in [0, 0.05) is 24.4 Å². The molecule has 0 aliphatic heterocycles. The summed E-state index contributed by atoms with van der Waals surface area (Å²) in [6, 6.07) is 6.88. The minimum atomic E-state index is -0.334. The van der Waals surface area contributed by atoms with Gasteiger partial charge in [-0.05, 0) is 18.2 Å². The molecule has 116 valence electrons. The fraction of sp³-hybridized carbons (Fsp3) is 0.200. The molecule has 22 heavy (non-hydrogen) atoms. The monoisotopic (exact) mass is 321 g/mol. The molecule has 0 bridgehead atoms. The molecular formula is C15H16ClN3O3. The third kappa shape index (κ3) is 3.40. The molecule has 0 aliphatic carbocycles. The van der Waals surface area contributed by atoms with Crippen LogP contribution in [0.15, 0.2) is 30.5 Å². The van der Waals surface area contributed by atoms with Crippen molar-refractivity contribution < 1.29 is 14.3 Å². The molecule has 0 aliphatic rings. The van der Waals surface area contributed by atoms with Gasteiger partial charge < -0.3 is 20.5 Å². The van der Waals surface area contributed by atoms with Gasteiger partial charge in [0.05, 0.1) is 25.5 Å². The second kappa shape index (κ2) is 7.00. The van der Waals surface area contributed by atoms with Crippen LogP contribution in [0, 0.1) is 0 Å². The number of pyridine rings is 1. The van der Waals surface area contributed by atoms with Crippen LogP contribution in [0.5, 0.6) is 11.5 Å².